The van der Waals surface area contributed by atoms with Gasteiger partial charge in [-0.25, -0.2) is 9.59 Å². The number of urea groups is 1. The molecule has 1 fully saturated rings. The highest BCUT2D eigenvalue weighted by Crippen LogP contribution is 2.34. The number of carbonyl (C=O) groups excluding carboxylic acids is 2. The van der Waals surface area contributed by atoms with Crippen LogP contribution in [0.3, 0.4) is 0 Å². The molecule has 1 saturated heterocycles. The number of rotatable bonds is 4. The molecule has 1 atom stereocenters. The highest BCUT2D eigenvalue weighted by atomic mass is 19.4. The molecule has 7 nitrogen and oxygen atoms in total. The minimum atomic E-state index is -4.29. The van der Waals surface area contributed by atoms with Gasteiger partial charge in [-0.2, -0.15) is 13.2 Å². The number of hydrogen-bond acceptors (Lipinski definition) is 3. The number of piperidine rings is 1. The summed E-state index contributed by atoms with van der Waals surface area (Å²) in [6.07, 6.45) is -5.34. The summed E-state index contributed by atoms with van der Waals surface area (Å²) in [5.41, 5.74) is 4.86. The molecule has 21 heavy (non-hydrogen) atoms. The molecule has 0 unspecified atom stereocenters. The number of halogens is 3. The van der Waals surface area contributed by atoms with Crippen molar-refractivity contribution in [2.24, 2.45) is 11.7 Å². The number of alkyl halides is 3. The van der Waals surface area contributed by atoms with Crippen LogP contribution in [0, 0.1) is 5.92 Å². The van der Waals surface area contributed by atoms with Crippen molar-refractivity contribution in [3.63, 3.8) is 0 Å². The zero-order chi connectivity index (χ0) is 16.2. The monoisotopic (exact) mass is 311 g/mol. The third-order valence-electron chi connectivity index (χ3n) is 3.25. The fraction of sp³-hybridized carbons (Fsp3) is 0.727. The fourth-order valence-electron chi connectivity index (χ4n) is 2.05. The van der Waals surface area contributed by atoms with Gasteiger partial charge in [-0.1, -0.05) is 0 Å². The minimum Gasteiger partial charge on any atom is -0.480 e. The number of likely N-dealkylation sites (tertiary alicyclic amines) is 1. The summed E-state index contributed by atoms with van der Waals surface area (Å²) in [5, 5.41) is 10.9. The van der Waals surface area contributed by atoms with Crippen LogP contribution in [0.4, 0.5) is 18.0 Å². The standard InChI is InChI=1S/C11H16F3N3O4/c12-11(13,14)6-1-3-17(4-2-6)10(21)16-7(9(19)20)5-8(15)18/h6-7H,1-5H2,(H2,15,18)(H,16,21)(H,19,20)/t7-/m1/s1. The molecule has 0 aromatic rings. The van der Waals surface area contributed by atoms with Crippen molar-refractivity contribution < 1.29 is 32.7 Å². The van der Waals surface area contributed by atoms with Gasteiger partial charge in [-0.15, -0.1) is 0 Å². The number of amides is 3. The molecule has 0 aromatic heterocycles. The minimum absolute atomic E-state index is 0.126. The van der Waals surface area contributed by atoms with E-state index in [1.807, 2.05) is 0 Å². The average Bonchev–Trinajstić information content (AvgIpc) is 2.36. The van der Waals surface area contributed by atoms with Crippen LogP contribution in [0.25, 0.3) is 0 Å². The van der Waals surface area contributed by atoms with Gasteiger partial charge >= 0.3 is 18.2 Å². The Bertz CT molecular complexity index is 419. The molecular formula is C11H16F3N3O4. The smallest absolute Gasteiger partial charge is 0.391 e. The molecule has 0 aliphatic carbocycles. The number of nitrogens with zero attached hydrogens (tertiary/aromatic N) is 1. The largest absolute Gasteiger partial charge is 0.480 e. The summed E-state index contributed by atoms with van der Waals surface area (Å²) in [4.78, 5) is 34.4. The zero-order valence-corrected chi connectivity index (χ0v) is 11.0. The number of carboxylic acid groups (broad SMARTS) is 1. The number of nitrogens with one attached hydrogen (secondary N) is 1. The van der Waals surface area contributed by atoms with Gasteiger partial charge in [0.15, 0.2) is 0 Å². The molecule has 3 amide bonds. The molecule has 0 radical (unpaired) electrons. The summed E-state index contributed by atoms with van der Waals surface area (Å²) in [6, 6.07) is -2.31. The van der Waals surface area contributed by atoms with E-state index in [1.165, 1.54) is 0 Å². The molecule has 1 aliphatic rings. The maximum atomic E-state index is 12.5. The van der Waals surface area contributed by atoms with E-state index in [4.69, 9.17) is 10.8 Å². The first-order valence-electron chi connectivity index (χ1n) is 6.24. The maximum absolute atomic E-state index is 12.5. The van der Waals surface area contributed by atoms with Crippen LogP contribution in [0.5, 0.6) is 0 Å². The highest BCUT2D eigenvalue weighted by molar-refractivity contribution is 5.87. The Morgan fingerprint density at radius 2 is 1.81 bits per heavy atom. The Morgan fingerprint density at radius 3 is 2.19 bits per heavy atom. The first-order valence-corrected chi connectivity index (χ1v) is 6.24. The second kappa shape index (κ2) is 6.64. The molecule has 0 aromatic carbocycles. The second-order valence-corrected chi connectivity index (χ2v) is 4.81. The van der Waals surface area contributed by atoms with Crippen LogP contribution in [0.15, 0.2) is 0 Å². The molecule has 1 heterocycles. The lowest BCUT2D eigenvalue weighted by Crippen LogP contribution is -2.52. The lowest BCUT2D eigenvalue weighted by Gasteiger charge is -2.33. The first-order chi connectivity index (χ1) is 9.61. The lowest BCUT2D eigenvalue weighted by atomic mass is 9.96. The number of carboxylic acids is 1. The van der Waals surface area contributed by atoms with Crippen LogP contribution < -0.4 is 11.1 Å². The predicted octanol–water partition coefficient (Wildman–Crippen LogP) is 0.299. The molecule has 0 bridgehead atoms. The Hall–Kier alpha value is -2.00. The third-order valence-corrected chi connectivity index (χ3v) is 3.25. The Balaban J connectivity index is 2.53. The summed E-state index contributed by atoms with van der Waals surface area (Å²) < 4.78 is 37.4. The van der Waals surface area contributed by atoms with Gasteiger partial charge in [-0.3, -0.25) is 4.79 Å². The van der Waals surface area contributed by atoms with Crippen LogP contribution >= 0.6 is 0 Å². The summed E-state index contributed by atoms with van der Waals surface area (Å²) in [7, 11) is 0. The molecule has 1 aliphatic heterocycles. The lowest BCUT2D eigenvalue weighted by molar-refractivity contribution is -0.183. The van der Waals surface area contributed by atoms with Gasteiger partial charge in [0.1, 0.15) is 6.04 Å². The molecule has 120 valence electrons. The average molecular weight is 311 g/mol. The predicted molar refractivity (Wildman–Crippen MR) is 64.1 cm³/mol. The number of primary amides is 1. The fourth-order valence-corrected chi connectivity index (χ4v) is 2.05. The van der Waals surface area contributed by atoms with E-state index in [-0.39, 0.29) is 25.9 Å². The van der Waals surface area contributed by atoms with Crippen LogP contribution in [0.1, 0.15) is 19.3 Å². The van der Waals surface area contributed by atoms with Crippen molar-refractivity contribution in [1.82, 2.24) is 10.2 Å². The second-order valence-electron chi connectivity index (χ2n) is 4.81. The Morgan fingerprint density at radius 1 is 1.29 bits per heavy atom. The van der Waals surface area contributed by atoms with Gasteiger partial charge < -0.3 is 21.1 Å². The van der Waals surface area contributed by atoms with Gasteiger partial charge in [0.25, 0.3) is 0 Å². The van der Waals surface area contributed by atoms with Crippen molar-refractivity contribution in [1.29, 1.82) is 0 Å². The molecular weight excluding hydrogens is 295 g/mol. The summed E-state index contributed by atoms with van der Waals surface area (Å²) in [6.45, 7) is -0.252. The summed E-state index contributed by atoms with van der Waals surface area (Å²) >= 11 is 0. The van der Waals surface area contributed by atoms with E-state index < -0.39 is 42.5 Å². The Labute approximate surface area is 118 Å². The molecule has 1 rings (SSSR count). The van der Waals surface area contributed by atoms with E-state index in [0.29, 0.717) is 0 Å². The van der Waals surface area contributed by atoms with Crippen molar-refractivity contribution in [2.75, 3.05) is 13.1 Å². The van der Waals surface area contributed by atoms with Gasteiger partial charge in [0.2, 0.25) is 5.91 Å². The van der Waals surface area contributed by atoms with Crippen LogP contribution in [-0.2, 0) is 9.59 Å². The van der Waals surface area contributed by atoms with Crippen LogP contribution in [0.2, 0.25) is 0 Å². The van der Waals surface area contributed by atoms with Gasteiger partial charge in [-0.05, 0) is 12.8 Å². The van der Waals surface area contributed by atoms with E-state index >= 15 is 0 Å². The SMILES string of the molecule is NC(=O)C[C@@H](NC(=O)N1CCC(C(F)(F)F)CC1)C(=O)O. The van der Waals surface area contributed by atoms with E-state index in [0.717, 1.165) is 4.90 Å². The zero-order valence-electron chi connectivity index (χ0n) is 11.0. The number of hydrogen-bond donors (Lipinski definition) is 3. The first kappa shape index (κ1) is 17.1. The molecule has 0 spiro atoms. The number of carbonyl (C=O) groups is 3. The van der Waals surface area contributed by atoms with E-state index in [2.05, 4.69) is 5.32 Å². The quantitative estimate of drug-likeness (QED) is 0.693. The van der Waals surface area contributed by atoms with Gasteiger partial charge in [0.05, 0.1) is 12.3 Å². The summed E-state index contributed by atoms with van der Waals surface area (Å²) in [5.74, 6) is -3.80. The van der Waals surface area contributed by atoms with Crippen molar-refractivity contribution in [3.05, 3.63) is 0 Å². The Kier molecular flexibility index (Phi) is 5.39. The third kappa shape index (κ3) is 5.12. The van der Waals surface area contributed by atoms with Crippen LogP contribution in [-0.4, -0.2) is 53.2 Å². The number of aliphatic carboxylic acids is 1. The van der Waals surface area contributed by atoms with Crippen molar-refractivity contribution >= 4 is 17.9 Å². The van der Waals surface area contributed by atoms with Crippen molar-refractivity contribution in [2.45, 2.75) is 31.5 Å². The van der Waals surface area contributed by atoms with Crippen molar-refractivity contribution in [3.8, 4) is 0 Å². The molecule has 0 saturated carbocycles. The number of nitrogens with two attached hydrogens (primary N) is 1. The molecule has 4 N–H and O–H groups in total. The van der Waals surface area contributed by atoms with E-state index in [9.17, 15) is 27.6 Å². The molecule has 10 heteroatoms. The van der Waals surface area contributed by atoms with E-state index in [1.54, 1.807) is 0 Å². The maximum Gasteiger partial charge on any atom is 0.391 e. The highest BCUT2D eigenvalue weighted by Gasteiger charge is 2.42. The normalized spacial score (nSPS) is 18.1. The van der Waals surface area contributed by atoms with Gasteiger partial charge in [0, 0.05) is 13.1 Å². The topological polar surface area (TPSA) is 113 Å².